The maximum absolute atomic E-state index is 13.0. The number of hydrogen-bond acceptors (Lipinski definition) is 5. The summed E-state index contributed by atoms with van der Waals surface area (Å²) in [5, 5.41) is 3.17. The van der Waals surface area contributed by atoms with Gasteiger partial charge in [-0.3, -0.25) is 4.79 Å². The molecule has 1 aliphatic rings. The minimum absolute atomic E-state index is 0.0473. The molecule has 1 atom stereocenters. The molecule has 0 radical (unpaired) electrons. The highest BCUT2D eigenvalue weighted by Gasteiger charge is 2.24. The summed E-state index contributed by atoms with van der Waals surface area (Å²) in [5.41, 5.74) is 1.36. The van der Waals surface area contributed by atoms with Crippen LogP contribution in [0.15, 0.2) is 50.8 Å². The van der Waals surface area contributed by atoms with E-state index >= 15 is 0 Å². The van der Waals surface area contributed by atoms with Crippen LogP contribution >= 0.6 is 27.7 Å². The predicted molar refractivity (Wildman–Crippen MR) is 123 cm³/mol. The van der Waals surface area contributed by atoms with E-state index in [-0.39, 0.29) is 17.8 Å². The van der Waals surface area contributed by atoms with Crippen molar-refractivity contribution in [3.8, 4) is 11.5 Å². The molecule has 2 aromatic rings. The van der Waals surface area contributed by atoms with Gasteiger partial charge in [0, 0.05) is 0 Å². The van der Waals surface area contributed by atoms with Crippen molar-refractivity contribution >= 4 is 50.5 Å². The third kappa shape index (κ3) is 5.64. The second-order valence-corrected chi connectivity index (χ2v) is 8.44. The van der Waals surface area contributed by atoms with Crippen LogP contribution in [0.3, 0.4) is 0 Å². The standard InChI is InChI=1S/C22H22BrFN2O3S/c1-4-13(3)29-20-17(23)10-14(11-18(20)28-5-2)12-19-21(27)26-22(30-19)25-16-8-6-15(24)7-9-16/h6-13H,4-5H2,1-3H3,(H,25,26,27)/b19-12-/t13-/m1/s1. The Kier molecular flexibility index (Phi) is 7.55. The molecule has 1 heterocycles. The van der Waals surface area contributed by atoms with Crippen molar-refractivity contribution in [2.24, 2.45) is 4.99 Å². The first-order valence-corrected chi connectivity index (χ1v) is 11.2. The van der Waals surface area contributed by atoms with E-state index < -0.39 is 0 Å². The average Bonchev–Trinajstić information content (AvgIpc) is 3.05. The number of amidine groups is 1. The van der Waals surface area contributed by atoms with Crippen molar-refractivity contribution < 1.29 is 18.7 Å². The number of ether oxygens (including phenoxy) is 2. The molecule has 3 rings (SSSR count). The summed E-state index contributed by atoms with van der Waals surface area (Å²) in [4.78, 5) is 17.2. The van der Waals surface area contributed by atoms with Crippen LogP contribution in [-0.4, -0.2) is 23.8 Å². The maximum atomic E-state index is 13.0. The van der Waals surface area contributed by atoms with Gasteiger partial charge in [0.1, 0.15) is 5.82 Å². The first kappa shape index (κ1) is 22.4. The summed E-state index contributed by atoms with van der Waals surface area (Å²) in [7, 11) is 0. The van der Waals surface area contributed by atoms with E-state index in [0.717, 1.165) is 16.5 Å². The minimum atomic E-state index is -0.334. The quantitative estimate of drug-likeness (QED) is 0.477. The van der Waals surface area contributed by atoms with Gasteiger partial charge >= 0.3 is 0 Å². The van der Waals surface area contributed by atoms with Gasteiger partial charge in [-0.25, -0.2) is 9.38 Å². The third-order valence-electron chi connectivity index (χ3n) is 4.23. The summed E-state index contributed by atoms with van der Waals surface area (Å²) in [5.74, 6) is 0.687. The molecular weight excluding hydrogens is 471 g/mol. The van der Waals surface area contributed by atoms with Crippen molar-refractivity contribution in [3.05, 3.63) is 57.2 Å². The SMILES string of the molecule is CCOc1cc(/C=C2\SC(=Nc3ccc(F)cc3)NC2=O)cc(Br)c1O[C@H](C)CC. The molecule has 1 saturated heterocycles. The van der Waals surface area contributed by atoms with Gasteiger partial charge in [0.2, 0.25) is 0 Å². The topological polar surface area (TPSA) is 59.9 Å². The molecule has 0 aromatic heterocycles. The maximum Gasteiger partial charge on any atom is 0.264 e. The molecule has 5 nitrogen and oxygen atoms in total. The number of carbonyl (C=O) groups excluding carboxylic acids is 1. The zero-order valence-corrected chi connectivity index (χ0v) is 19.3. The molecule has 1 fully saturated rings. The number of carbonyl (C=O) groups is 1. The highest BCUT2D eigenvalue weighted by molar-refractivity contribution is 9.10. The fourth-order valence-electron chi connectivity index (χ4n) is 2.60. The number of nitrogens with zero attached hydrogens (tertiary/aromatic N) is 1. The fraction of sp³-hybridized carbons (Fsp3) is 0.273. The molecule has 0 spiro atoms. The zero-order valence-electron chi connectivity index (χ0n) is 16.9. The summed E-state index contributed by atoms with van der Waals surface area (Å²) in [6.07, 6.45) is 2.69. The highest BCUT2D eigenvalue weighted by Crippen LogP contribution is 2.39. The fourth-order valence-corrected chi connectivity index (χ4v) is 3.99. The van der Waals surface area contributed by atoms with Crippen molar-refractivity contribution in [3.63, 3.8) is 0 Å². The van der Waals surface area contributed by atoms with Crippen molar-refractivity contribution in [1.29, 1.82) is 0 Å². The molecule has 1 aliphatic heterocycles. The summed E-state index contributed by atoms with van der Waals surface area (Å²) < 4.78 is 25.6. The van der Waals surface area contributed by atoms with Crippen molar-refractivity contribution in [1.82, 2.24) is 5.32 Å². The molecule has 0 saturated carbocycles. The molecule has 0 unspecified atom stereocenters. The first-order valence-electron chi connectivity index (χ1n) is 9.57. The van der Waals surface area contributed by atoms with Crippen LogP contribution in [-0.2, 0) is 4.79 Å². The van der Waals surface area contributed by atoms with Gasteiger partial charge in [0.15, 0.2) is 16.7 Å². The monoisotopic (exact) mass is 492 g/mol. The number of amides is 1. The predicted octanol–water partition coefficient (Wildman–Crippen LogP) is 6.06. The zero-order chi connectivity index (χ0) is 21.7. The van der Waals surface area contributed by atoms with E-state index in [1.165, 1.54) is 23.9 Å². The van der Waals surface area contributed by atoms with Crippen LogP contribution in [0.4, 0.5) is 10.1 Å². The van der Waals surface area contributed by atoms with E-state index in [1.54, 1.807) is 18.2 Å². The second-order valence-electron chi connectivity index (χ2n) is 6.56. The normalized spacial score (nSPS) is 17.3. The number of halogens is 2. The number of nitrogens with one attached hydrogen (secondary N) is 1. The molecule has 0 bridgehead atoms. The third-order valence-corrected chi connectivity index (χ3v) is 5.73. The minimum Gasteiger partial charge on any atom is -0.490 e. The van der Waals surface area contributed by atoms with Crippen LogP contribution in [0.5, 0.6) is 11.5 Å². The van der Waals surface area contributed by atoms with Gasteiger partial charge in [-0.1, -0.05) is 6.92 Å². The Labute approximate surface area is 187 Å². The average molecular weight is 493 g/mol. The van der Waals surface area contributed by atoms with E-state index in [4.69, 9.17) is 9.47 Å². The lowest BCUT2D eigenvalue weighted by atomic mass is 10.1. The van der Waals surface area contributed by atoms with E-state index in [0.29, 0.717) is 33.9 Å². The molecule has 158 valence electrons. The molecule has 8 heteroatoms. The Morgan fingerprint density at radius 2 is 2.00 bits per heavy atom. The van der Waals surface area contributed by atoms with E-state index in [2.05, 4.69) is 33.2 Å². The Morgan fingerprint density at radius 3 is 2.67 bits per heavy atom. The smallest absolute Gasteiger partial charge is 0.264 e. The van der Waals surface area contributed by atoms with E-state index in [9.17, 15) is 9.18 Å². The van der Waals surface area contributed by atoms with Crippen molar-refractivity contribution in [2.45, 2.75) is 33.3 Å². The number of benzene rings is 2. The molecule has 1 amide bonds. The largest absolute Gasteiger partial charge is 0.490 e. The van der Waals surface area contributed by atoms with Crippen molar-refractivity contribution in [2.75, 3.05) is 6.61 Å². The van der Waals surface area contributed by atoms with Crippen LogP contribution in [0, 0.1) is 5.82 Å². The number of hydrogen-bond donors (Lipinski definition) is 1. The molecule has 0 aliphatic carbocycles. The summed E-state index contributed by atoms with van der Waals surface area (Å²) >= 11 is 4.78. The Balaban J connectivity index is 1.86. The lowest BCUT2D eigenvalue weighted by molar-refractivity contribution is -0.115. The van der Waals surface area contributed by atoms with Gasteiger partial charge < -0.3 is 14.8 Å². The highest BCUT2D eigenvalue weighted by atomic mass is 79.9. The van der Waals surface area contributed by atoms with Gasteiger partial charge in [0.25, 0.3) is 5.91 Å². The summed E-state index contributed by atoms with van der Waals surface area (Å²) in [6, 6.07) is 9.50. The molecule has 1 N–H and O–H groups in total. The lowest BCUT2D eigenvalue weighted by Crippen LogP contribution is -2.19. The van der Waals surface area contributed by atoms with E-state index in [1.807, 2.05) is 26.0 Å². The van der Waals surface area contributed by atoms with Gasteiger partial charge in [-0.2, -0.15) is 0 Å². The Bertz CT molecular complexity index is 993. The molecule has 30 heavy (non-hydrogen) atoms. The van der Waals surface area contributed by atoms with Crippen LogP contribution in [0.1, 0.15) is 32.8 Å². The van der Waals surface area contributed by atoms with Crippen LogP contribution < -0.4 is 14.8 Å². The molecule has 2 aromatic carbocycles. The van der Waals surface area contributed by atoms with Crippen LogP contribution in [0.2, 0.25) is 0 Å². The van der Waals surface area contributed by atoms with Crippen LogP contribution in [0.25, 0.3) is 6.08 Å². The lowest BCUT2D eigenvalue weighted by Gasteiger charge is -2.18. The first-order chi connectivity index (χ1) is 14.4. The number of thioether (sulfide) groups is 1. The summed E-state index contributed by atoms with van der Waals surface area (Å²) in [6.45, 7) is 6.45. The second kappa shape index (κ2) is 10.1. The number of rotatable bonds is 7. The van der Waals surface area contributed by atoms with Gasteiger partial charge in [0.05, 0.1) is 27.8 Å². The molecular formula is C22H22BrFN2O3S. The number of aliphatic imine (C=N–C) groups is 1. The van der Waals surface area contributed by atoms with Gasteiger partial charge in [-0.05, 0) is 96.0 Å². The Morgan fingerprint density at radius 1 is 1.27 bits per heavy atom. The van der Waals surface area contributed by atoms with Gasteiger partial charge in [-0.15, -0.1) is 0 Å². The Hall–Kier alpha value is -2.32.